The number of nitrogens with zero attached hydrogens (tertiary/aromatic N) is 6. The molecule has 0 amide bonds. The molecule has 0 fully saturated rings. The first-order valence-electron chi connectivity index (χ1n) is 20.9. The summed E-state index contributed by atoms with van der Waals surface area (Å²) in [4.78, 5) is 91.7. The summed E-state index contributed by atoms with van der Waals surface area (Å²) in [5.41, 5.74) is 3.27. The summed E-state index contributed by atoms with van der Waals surface area (Å²) in [7, 11) is 0. The molecule has 2 N–H and O–H groups in total. The lowest BCUT2D eigenvalue weighted by Crippen LogP contribution is -2.12. The molecule has 64 heavy (non-hydrogen) atoms. The summed E-state index contributed by atoms with van der Waals surface area (Å²) < 4.78 is 22.7. The van der Waals surface area contributed by atoms with Crippen molar-refractivity contribution >= 4 is 68.0 Å². The Bertz CT molecular complexity index is 3080. The summed E-state index contributed by atoms with van der Waals surface area (Å²) in [5, 5.41) is 1.71. The molecule has 2 aliphatic rings. The number of rotatable bonds is 8. The standard InChI is InChI=1S/C48H42N8O8/c1-21(2)61-45(57)29-17-9-13-25-33(29)41-49-37(25)54-42-35-27(15-11-19-31(35)47(59)63-23(5)6)39(51-42)56-44-36-28(16-12-20-32(36)48(60)64-24(7)8)40(52-44)55-43-34-26(38(50-43)53-41)14-10-18-30(34)46(58)62-22(3)4/h9-24H,1-8H3,(H2,49,50,51,52,53,54,55,56). The number of aromatic amines is 2. The second-order valence-electron chi connectivity index (χ2n) is 16.3. The Labute approximate surface area is 365 Å². The van der Waals surface area contributed by atoms with Crippen LogP contribution in [0.25, 0.3) is 89.7 Å². The van der Waals surface area contributed by atoms with Crippen molar-refractivity contribution in [2.24, 2.45) is 0 Å². The number of nitrogens with one attached hydrogen (secondary N) is 2. The first-order valence-corrected chi connectivity index (χ1v) is 20.9. The van der Waals surface area contributed by atoms with Crippen LogP contribution in [0.1, 0.15) is 96.8 Å². The van der Waals surface area contributed by atoms with Crippen molar-refractivity contribution in [3.8, 4) is 45.6 Å². The molecule has 0 aliphatic carbocycles. The average molecular weight is 859 g/mol. The molecule has 8 bridgehead atoms. The van der Waals surface area contributed by atoms with Crippen molar-refractivity contribution in [1.29, 1.82) is 0 Å². The van der Waals surface area contributed by atoms with Crippen LogP contribution >= 0.6 is 0 Å². The highest BCUT2D eigenvalue weighted by Gasteiger charge is 2.30. The van der Waals surface area contributed by atoms with Crippen LogP contribution in [0.3, 0.4) is 0 Å². The average Bonchev–Trinajstić information content (AvgIpc) is 3.98. The fourth-order valence-corrected chi connectivity index (χ4v) is 7.78. The molecule has 0 radical (unpaired) electrons. The molecule has 0 saturated heterocycles. The van der Waals surface area contributed by atoms with Crippen molar-refractivity contribution in [3.05, 3.63) is 95.1 Å². The maximum absolute atomic E-state index is 13.8. The van der Waals surface area contributed by atoms with Crippen LogP contribution in [0.2, 0.25) is 0 Å². The van der Waals surface area contributed by atoms with Crippen molar-refractivity contribution in [2.45, 2.75) is 79.8 Å². The van der Waals surface area contributed by atoms with E-state index < -0.39 is 48.3 Å². The van der Waals surface area contributed by atoms with Crippen molar-refractivity contribution in [1.82, 2.24) is 39.9 Å². The number of benzene rings is 4. The van der Waals surface area contributed by atoms with Gasteiger partial charge < -0.3 is 28.9 Å². The SMILES string of the molecule is CC(C)OC(=O)c1cccc2c1-c1nc-2nc2[nH]c(nc3nc(nc4[nH]c(n1)c1cccc(C(=O)OC(C)C)c41)-c1cccc(C(=O)OC(C)C)c1-3)c1cccc(C(=O)OC(C)C)c21. The monoisotopic (exact) mass is 858 g/mol. The fraction of sp³-hybridized carbons (Fsp3) is 0.250. The van der Waals surface area contributed by atoms with E-state index in [1.165, 1.54) is 0 Å². The number of hydrogen-bond acceptors (Lipinski definition) is 14. The quantitative estimate of drug-likeness (QED) is 0.108. The molecule has 5 heterocycles. The zero-order valence-electron chi connectivity index (χ0n) is 36.2. The summed E-state index contributed by atoms with van der Waals surface area (Å²) in [6, 6.07) is 20.4. The Hall–Kier alpha value is -7.88. The molecular formula is C48H42N8O8. The van der Waals surface area contributed by atoms with Gasteiger partial charge in [-0.25, -0.2) is 49.1 Å². The minimum absolute atomic E-state index is 0.106. The zero-order chi connectivity index (χ0) is 45.1. The second-order valence-corrected chi connectivity index (χ2v) is 16.3. The highest BCUT2D eigenvalue weighted by atomic mass is 16.6. The summed E-state index contributed by atoms with van der Waals surface area (Å²) >= 11 is 0. The van der Waals surface area contributed by atoms with Gasteiger partial charge in [-0.2, -0.15) is 0 Å². The van der Waals surface area contributed by atoms with Gasteiger partial charge in [0, 0.05) is 43.8 Å². The van der Waals surface area contributed by atoms with E-state index in [0.717, 1.165) is 0 Å². The van der Waals surface area contributed by atoms with E-state index >= 15 is 0 Å². The molecule has 9 rings (SSSR count). The molecule has 3 aromatic heterocycles. The van der Waals surface area contributed by atoms with Gasteiger partial charge in [-0.1, -0.05) is 48.5 Å². The Morgan fingerprint density at radius 3 is 1.06 bits per heavy atom. The molecule has 0 unspecified atom stereocenters. The minimum Gasteiger partial charge on any atom is -0.459 e. The number of H-pyrrole nitrogens is 2. The first-order chi connectivity index (χ1) is 30.7. The van der Waals surface area contributed by atoms with Crippen LogP contribution in [0, 0.1) is 0 Å². The summed E-state index contributed by atoms with van der Waals surface area (Å²) in [5.74, 6) is -1.86. The van der Waals surface area contributed by atoms with E-state index in [4.69, 9.17) is 48.9 Å². The third-order valence-electron chi connectivity index (χ3n) is 10.2. The van der Waals surface area contributed by atoms with Crippen LogP contribution in [0.4, 0.5) is 0 Å². The summed E-state index contributed by atoms with van der Waals surface area (Å²) in [6.07, 6.45) is -1.72. The highest BCUT2D eigenvalue weighted by Crippen LogP contribution is 2.41. The maximum Gasteiger partial charge on any atom is 0.339 e. The van der Waals surface area contributed by atoms with Crippen molar-refractivity contribution in [2.75, 3.05) is 0 Å². The normalized spacial score (nSPS) is 11.9. The first kappa shape index (κ1) is 41.5. The third kappa shape index (κ3) is 7.35. The van der Waals surface area contributed by atoms with Crippen LogP contribution in [0.5, 0.6) is 0 Å². The van der Waals surface area contributed by atoms with Gasteiger partial charge in [-0.15, -0.1) is 0 Å². The topological polar surface area (TPSA) is 214 Å². The smallest absolute Gasteiger partial charge is 0.339 e. The molecular weight excluding hydrogens is 817 g/mol. The van der Waals surface area contributed by atoms with Crippen LogP contribution in [-0.2, 0) is 18.9 Å². The van der Waals surface area contributed by atoms with E-state index in [0.29, 0.717) is 43.8 Å². The largest absolute Gasteiger partial charge is 0.459 e. The minimum atomic E-state index is -0.598. The number of fused-ring (bicyclic) bond motifs is 20. The Morgan fingerprint density at radius 1 is 0.391 bits per heavy atom. The van der Waals surface area contributed by atoms with Gasteiger partial charge in [0.25, 0.3) is 0 Å². The Balaban J connectivity index is 1.48. The number of aromatic nitrogens is 8. The molecule has 322 valence electrons. The molecule has 2 aliphatic heterocycles. The van der Waals surface area contributed by atoms with Gasteiger partial charge in [-0.3, -0.25) is 0 Å². The lowest BCUT2D eigenvalue weighted by atomic mass is 10.0. The van der Waals surface area contributed by atoms with Gasteiger partial charge in [0.2, 0.25) is 0 Å². The van der Waals surface area contributed by atoms with E-state index in [9.17, 15) is 19.2 Å². The van der Waals surface area contributed by atoms with Crippen LogP contribution in [0.15, 0.2) is 72.8 Å². The number of carbonyl (C=O) groups is 4. The van der Waals surface area contributed by atoms with Crippen LogP contribution in [-0.4, -0.2) is 88.2 Å². The lowest BCUT2D eigenvalue weighted by molar-refractivity contribution is 0.0368. The molecule has 0 spiro atoms. The van der Waals surface area contributed by atoms with E-state index in [1.54, 1.807) is 128 Å². The molecule has 0 atom stereocenters. The lowest BCUT2D eigenvalue weighted by Gasteiger charge is -2.10. The van der Waals surface area contributed by atoms with Gasteiger partial charge in [0.15, 0.2) is 23.3 Å². The van der Waals surface area contributed by atoms with E-state index in [1.807, 2.05) is 0 Å². The molecule has 4 aromatic carbocycles. The zero-order valence-corrected chi connectivity index (χ0v) is 36.2. The fourth-order valence-electron chi connectivity index (χ4n) is 7.78. The summed E-state index contributed by atoms with van der Waals surface area (Å²) in [6.45, 7) is 14.0. The molecule has 0 saturated carbocycles. The van der Waals surface area contributed by atoms with E-state index in [2.05, 4.69) is 9.97 Å². The van der Waals surface area contributed by atoms with Crippen molar-refractivity contribution in [3.63, 3.8) is 0 Å². The van der Waals surface area contributed by atoms with Gasteiger partial charge in [0.1, 0.15) is 22.6 Å². The predicted molar refractivity (Wildman–Crippen MR) is 238 cm³/mol. The third-order valence-corrected chi connectivity index (χ3v) is 10.2. The van der Waals surface area contributed by atoms with Crippen molar-refractivity contribution < 1.29 is 38.1 Å². The maximum atomic E-state index is 13.8. The molecule has 7 aromatic rings. The van der Waals surface area contributed by atoms with Gasteiger partial charge in [0.05, 0.1) is 46.7 Å². The molecule has 16 nitrogen and oxygen atoms in total. The number of hydrogen-bond donors (Lipinski definition) is 2. The Kier molecular flexibility index (Phi) is 10.4. The second kappa shape index (κ2) is 16.1. The van der Waals surface area contributed by atoms with Gasteiger partial charge >= 0.3 is 23.9 Å². The van der Waals surface area contributed by atoms with Gasteiger partial charge in [-0.05, 0) is 79.7 Å². The number of ether oxygens (including phenoxy) is 4. The Morgan fingerprint density at radius 2 is 0.703 bits per heavy atom. The highest BCUT2D eigenvalue weighted by molar-refractivity contribution is 6.17. The number of carbonyl (C=O) groups excluding carboxylic acids is 4. The number of esters is 4. The molecule has 16 heteroatoms. The predicted octanol–water partition coefficient (Wildman–Crippen LogP) is 9.13. The van der Waals surface area contributed by atoms with Crippen LogP contribution < -0.4 is 0 Å². The van der Waals surface area contributed by atoms with E-state index in [-0.39, 0.29) is 68.1 Å².